The van der Waals surface area contributed by atoms with Crippen LogP contribution in [-0.2, 0) is 11.2 Å². The quantitative estimate of drug-likeness (QED) is 0.541. The normalized spacial score (nSPS) is 11.0. The first-order valence-electron chi connectivity index (χ1n) is 7.97. The molecule has 1 rings (SSSR count). The first-order valence-corrected chi connectivity index (χ1v) is 9.37. The van der Waals surface area contributed by atoms with Crippen molar-refractivity contribution in [3.63, 3.8) is 0 Å². The third-order valence-corrected chi connectivity index (χ3v) is 4.16. The Bertz CT molecular complexity index is 460. The zero-order valence-electron chi connectivity index (χ0n) is 13.9. The molecular formula is C18H27FO2S. The topological polar surface area (TPSA) is 26.3 Å². The smallest absolute Gasteiger partial charge is 0.135 e. The third kappa shape index (κ3) is 7.30. The van der Waals surface area contributed by atoms with Crippen molar-refractivity contribution in [2.75, 3.05) is 18.6 Å². The SMILES string of the molecule is CSCCOc1ccc(F)c(CCCCCC(=O)C(C)C)c1. The summed E-state index contributed by atoms with van der Waals surface area (Å²) in [4.78, 5) is 11.5. The Kier molecular flexibility index (Phi) is 9.21. The molecule has 2 nitrogen and oxygen atoms in total. The van der Waals surface area contributed by atoms with Crippen LogP contribution in [0.1, 0.15) is 45.1 Å². The molecule has 0 amide bonds. The zero-order valence-corrected chi connectivity index (χ0v) is 14.7. The summed E-state index contributed by atoms with van der Waals surface area (Å²) in [5.74, 6) is 1.93. The molecule has 0 aromatic heterocycles. The molecule has 0 radical (unpaired) electrons. The maximum Gasteiger partial charge on any atom is 0.135 e. The van der Waals surface area contributed by atoms with Crippen molar-refractivity contribution in [1.29, 1.82) is 0 Å². The molecule has 1 aromatic rings. The fraction of sp³-hybridized carbons (Fsp3) is 0.611. The first kappa shape index (κ1) is 19.0. The number of ketones is 1. The Labute approximate surface area is 137 Å². The van der Waals surface area contributed by atoms with Gasteiger partial charge in [-0.2, -0.15) is 11.8 Å². The second-order valence-electron chi connectivity index (χ2n) is 5.78. The average molecular weight is 326 g/mol. The van der Waals surface area contributed by atoms with Crippen molar-refractivity contribution >= 4 is 17.5 Å². The fourth-order valence-electron chi connectivity index (χ4n) is 2.16. The van der Waals surface area contributed by atoms with Crippen LogP contribution in [0, 0.1) is 11.7 Å². The van der Waals surface area contributed by atoms with Gasteiger partial charge in [0.15, 0.2) is 0 Å². The lowest BCUT2D eigenvalue weighted by Crippen LogP contribution is -2.06. The maximum absolute atomic E-state index is 13.8. The van der Waals surface area contributed by atoms with E-state index in [4.69, 9.17) is 4.74 Å². The minimum Gasteiger partial charge on any atom is -0.493 e. The lowest BCUT2D eigenvalue weighted by Gasteiger charge is -2.09. The molecule has 0 N–H and O–H groups in total. The lowest BCUT2D eigenvalue weighted by molar-refractivity contribution is -0.122. The number of Topliss-reactive ketones (excluding diaryl/α,β-unsaturated/α-hetero) is 1. The van der Waals surface area contributed by atoms with E-state index in [9.17, 15) is 9.18 Å². The summed E-state index contributed by atoms with van der Waals surface area (Å²) < 4.78 is 19.4. The maximum atomic E-state index is 13.8. The van der Waals surface area contributed by atoms with Gasteiger partial charge in [0, 0.05) is 18.1 Å². The van der Waals surface area contributed by atoms with Crippen LogP contribution in [0.25, 0.3) is 0 Å². The van der Waals surface area contributed by atoms with Crippen molar-refractivity contribution in [2.24, 2.45) is 5.92 Å². The van der Waals surface area contributed by atoms with Gasteiger partial charge in [-0.1, -0.05) is 20.3 Å². The Balaban J connectivity index is 2.35. The second-order valence-corrected chi connectivity index (χ2v) is 6.76. The molecule has 0 saturated carbocycles. The number of hydrogen-bond acceptors (Lipinski definition) is 3. The molecule has 0 fully saturated rings. The van der Waals surface area contributed by atoms with Gasteiger partial charge in [0.25, 0.3) is 0 Å². The van der Waals surface area contributed by atoms with Gasteiger partial charge >= 0.3 is 0 Å². The van der Waals surface area contributed by atoms with Gasteiger partial charge in [-0.3, -0.25) is 4.79 Å². The highest BCUT2D eigenvalue weighted by Crippen LogP contribution is 2.19. The van der Waals surface area contributed by atoms with Crippen LogP contribution in [0.3, 0.4) is 0 Å². The number of ether oxygens (including phenoxy) is 1. The van der Waals surface area contributed by atoms with E-state index in [0.717, 1.165) is 30.8 Å². The largest absolute Gasteiger partial charge is 0.493 e. The lowest BCUT2D eigenvalue weighted by atomic mass is 10.0. The highest BCUT2D eigenvalue weighted by atomic mass is 32.2. The fourth-order valence-corrected chi connectivity index (χ4v) is 2.41. The predicted molar refractivity (Wildman–Crippen MR) is 92.3 cm³/mol. The summed E-state index contributed by atoms with van der Waals surface area (Å²) in [5, 5.41) is 0. The number of carbonyl (C=O) groups is 1. The number of unbranched alkanes of at least 4 members (excludes halogenated alkanes) is 2. The summed E-state index contributed by atoms with van der Waals surface area (Å²) in [6, 6.07) is 4.96. The van der Waals surface area contributed by atoms with Crippen LogP contribution in [0.2, 0.25) is 0 Å². The number of halogens is 1. The van der Waals surface area contributed by atoms with E-state index in [1.807, 2.05) is 20.1 Å². The number of aryl methyl sites for hydroxylation is 1. The molecule has 22 heavy (non-hydrogen) atoms. The summed E-state index contributed by atoms with van der Waals surface area (Å²) in [5.41, 5.74) is 0.705. The van der Waals surface area contributed by atoms with Crippen molar-refractivity contribution < 1.29 is 13.9 Å². The Morgan fingerprint density at radius 1 is 1.27 bits per heavy atom. The molecule has 0 aliphatic rings. The molecule has 4 heteroatoms. The summed E-state index contributed by atoms with van der Waals surface area (Å²) in [6.45, 7) is 4.50. The second kappa shape index (κ2) is 10.7. The number of thioether (sulfide) groups is 1. The average Bonchev–Trinajstić information content (AvgIpc) is 2.49. The molecule has 0 saturated heterocycles. The van der Waals surface area contributed by atoms with Crippen LogP contribution >= 0.6 is 11.8 Å². The number of benzene rings is 1. The monoisotopic (exact) mass is 326 g/mol. The van der Waals surface area contributed by atoms with Crippen LogP contribution < -0.4 is 4.74 Å². The van der Waals surface area contributed by atoms with E-state index >= 15 is 0 Å². The van der Waals surface area contributed by atoms with Gasteiger partial charge in [0.1, 0.15) is 17.3 Å². The van der Waals surface area contributed by atoms with E-state index in [-0.39, 0.29) is 11.7 Å². The Hall–Kier alpha value is -1.03. The van der Waals surface area contributed by atoms with Crippen LogP contribution in [0.5, 0.6) is 5.75 Å². The van der Waals surface area contributed by atoms with E-state index in [1.54, 1.807) is 23.9 Å². The van der Waals surface area contributed by atoms with Crippen molar-refractivity contribution in [3.8, 4) is 5.75 Å². The Morgan fingerprint density at radius 2 is 2.05 bits per heavy atom. The minimum atomic E-state index is -0.171. The molecule has 0 atom stereocenters. The number of hydrogen-bond donors (Lipinski definition) is 0. The molecule has 1 aromatic carbocycles. The van der Waals surface area contributed by atoms with Crippen molar-refractivity contribution in [1.82, 2.24) is 0 Å². The van der Waals surface area contributed by atoms with Gasteiger partial charge in [0.05, 0.1) is 6.61 Å². The van der Waals surface area contributed by atoms with E-state index in [1.165, 1.54) is 6.07 Å². The molecule has 0 aliphatic carbocycles. The van der Waals surface area contributed by atoms with Gasteiger partial charge in [-0.15, -0.1) is 0 Å². The van der Waals surface area contributed by atoms with Crippen LogP contribution in [-0.4, -0.2) is 24.4 Å². The molecule has 0 heterocycles. The highest BCUT2D eigenvalue weighted by Gasteiger charge is 2.07. The van der Waals surface area contributed by atoms with Gasteiger partial charge in [-0.25, -0.2) is 4.39 Å². The molecule has 0 spiro atoms. The number of rotatable bonds is 11. The van der Waals surface area contributed by atoms with Gasteiger partial charge in [-0.05, 0) is 49.3 Å². The summed E-state index contributed by atoms with van der Waals surface area (Å²) in [7, 11) is 0. The Morgan fingerprint density at radius 3 is 2.73 bits per heavy atom. The van der Waals surface area contributed by atoms with E-state index in [2.05, 4.69) is 0 Å². The molecule has 0 unspecified atom stereocenters. The summed E-state index contributed by atoms with van der Waals surface area (Å²) >= 11 is 1.73. The van der Waals surface area contributed by atoms with Gasteiger partial charge in [0.2, 0.25) is 0 Å². The van der Waals surface area contributed by atoms with E-state index < -0.39 is 0 Å². The standard InChI is InChI=1S/C18H27FO2S/c1-14(2)18(20)8-6-4-5-7-15-13-16(9-10-17(15)19)21-11-12-22-3/h9-10,13-14H,4-8,11-12H2,1-3H3. The molecule has 0 bridgehead atoms. The van der Waals surface area contributed by atoms with Crippen molar-refractivity contribution in [2.45, 2.75) is 46.0 Å². The summed E-state index contributed by atoms with van der Waals surface area (Å²) in [6.07, 6.45) is 6.11. The van der Waals surface area contributed by atoms with E-state index in [0.29, 0.717) is 30.8 Å². The van der Waals surface area contributed by atoms with Crippen LogP contribution in [0.4, 0.5) is 4.39 Å². The predicted octanol–water partition coefficient (Wildman–Crippen LogP) is 4.90. The molecule has 124 valence electrons. The third-order valence-electron chi connectivity index (χ3n) is 3.59. The van der Waals surface area contributed by atoms with Crippen LogP contribution in [0.15, 0.2) is 18.2 Å². The molecule has 0 aliphatic heterocycles. The first-order chi connectivity index (χ1) is 10.5. The molecular weight excluding hydrogens is 299 g/mol. The highest BCUT2D eigenvalue weighted by molar-refractivity contribution is 7.98. The zero-order chi connectivity index (χ0) is 16.4. The van der Waals surface area contributed by atoms with Gasteiger partial charge < -0.3 is 4.74 Å². The van der Waals surface area contributed by atoms with Crippen molar-refractivity contribution in [3.05, 3.63) is 29.6 Å². The minimum absolute atomic E-state index is 0.118. The number of carbonyl (C=O) groups excluding carboxylic acids is 1.